The molecular weight excluding hydrogens is 250 g/mol. The molecule has 0 saturated carbocycles. The summed E-state index contributed by atoms with van der Waals surface area (Å²) in [5.74, 6) is 0.819. The first-order chi connectivity index (χ1) is 9.75. The van der Waals surface area contributed by atoms with Crippen molar-refractivity contribution >= 4 is 5.91 Å². The van der Waals surface area contributed by atoms with Gasteiger partial charge in [0, 0.05) is 19.0 Å². The summed E-state index contributed by atoms with van der Waals surface area (Å²) in [6.07, 6.45) is 3.99. The summed E-state index contributed by atoms with van der Waals surface area (Å²) in [7, 11) is 0. The fourth-order valence-corrected chi connectivity index (χ4v) is 2.64. The smallest absolute Gasteiger partial charge is 0.220 e. The van der Waals surface area contributed by atoms with E-state index in [9.17, 15) is 4.79 Å². The minimum Gasteiger partial charge on any atom is -0.354 e. The molecule has 1 amide bonds. The third-order valence-corrected chi connectivity index (χ3v) is 3.99. The molecule has 4 heteroatoms. The number of carbonyl (C=O) groups excluding carboxylic acids is 1. The van der Waals surface area contributed by atoms with Gasteiger partial charge in [-0.25, -0.2) is 0 Å². The van der Waals surface area contributed by atoms with Crippen LogP contribution in [0.5, 0.6) is 0 Å². The Kier molecular flexibility index (Phi) is 6.02. The van der Waals surface area contributed by atoms with Crippen molar-refractivity contribution in [3.63, 3.8) is 0 Å². The number of benzene rings is 1. The number of piperidine rings is 1. The number of carbonyl (C=O) groups is 1. The van der Waals surface area contributed by atoms with Crippen LogP contribution in [-0.2, 0) is 4.79 Å². The number of amides is 1. The Morgan fingerprint density at radius 2 is 2.00 bits per heavy atom. The Morgan fingerprint density at radius 3 is 2.70 bits per heavy atom. The van der Waals surface area contributed by atoms with E-state index in [-0.39, 0.29) is 11.9 Å². The monoisotopic (exact) mass is 275 g/mol. The molecule has 1 aromatic carbocycles. The van der Waals surface area contributed by atoms with Crippen LogP contribution in [0.2, 0.25) is 0 Å². The molecule has 4 nitrogen and oxygen atoms in total. The third kappa shape index (κ3) is 4.94. The van der Waals surface area contributed by atoms with Crippen molar-refractivity contribution in [3.05, 3.63) is 35.9 Å². The van der Waals surface area contributed by atoms with Crippen LogP contribution in [-0.4, -0.2) is 25.5 Å². The Morgan fingerprint density at radius 1 is 1.30 bits per heavy atom. The molecule has 20 heavy (non-hydrogen) atoms. The number of nitrogens with two attached hydrogens (primary N) is 1. The van der Waals surface area contributed by atoms with Crippen molar-refractivity contribution in [3.8, 4) is 0 Å². The van der Waals surface area contributed by atoms with Crippen molar-refractivity contribution in [1.29, 1.82) is 0 Å². The van der Waals surface area contributed by atoms with E-state index in [1.54, 1.807) is 0 Å². The van der Waals surface area contributed by atoms with E-state index >= 15 is 0 Å². The van der Waals surface area contributed by atoms with Crippen molar-refractivity contribution < 1.29 is 4.79 Å². The first kappa shape index (κ1) is 15.0. The van der Waals surface area contributed by atoms with Crippen LogP contribution in [0.3, 0.4) is 0 Å². The van der Waals surface area contributed by atoms with Crippen molar-refractivity contribution in [2.75, 3.05) is 19.6 Å². The van der Waals surface area contributed by atoms with Gasteiger partial charge in [0.25, 0.3) is 0 Å². The fraction of sp³-hybridized carbons (Fsp3) is 0.562. The van der Waals surface area contributed by atoms with Crippen LogP contribution in [0, 0.1) is 5.92 Å². The Balaban J connectivity index is 1.64. The maximum absolute atomic E-state index is 11.8. The summed E-state index contributed by atoms with van der Waals surface area (Å²) < 4.78 is 0. The van der Waals surface area contributed by atoms with E-state index in [0.29, 0.717) is 18.9 Å². The van der Waals surface area contributed by atoms with Gasteiger partial charge in [0.15, 0.2) is 0 Å². The van der Waals surface area contributed by atoms with Gasteiger partial charge in [0.1, 0.15) is 0 Å². The molecule has 1 aliphatic rings. The zero-order valence-corrected chi connectivity index (χ0v) is 12.0. The zero-order chi connectivity index (χ0) is 14.2. The lowest BCUT2D eigenvalue weighted by Gasteiger charge is -2.22. The quantitative estimate of drug-likeness (QED) is 0.738. The Labute approximate surface area is 121 Å². The average Bonchev–Trinajstić information content (AvgIpc) is 2.52. The first-order valence-corrected chi connectivity index (χ1v) is 7.53. The van der Waals surface area contributed by atoms with Gasteiger partial charge >= 0.3 is 0 Å². The normalized spacial score (nSPS) is 17.6. The highest BCUT2D eigenvalue weighted by molar-refractivity contribution is 5.75. The predicted octanol–water partition coefficient (Wildman–Crippen LogP) is 1.58. The molecule has 1 heterocycles. The van der Waals surface area contributed by atoms with E-state index in [1.165, 1.54) is 12.8 Å². The van der Waals surface area contributed by atoms with E-state index in [1.807, 2.05) is 30.3 Å². The maximum atomic E-state index is 11.8. The van der Waals surface area contributed by atoms with Gasteiger partial charge in [-0.05, 0) is 43.8 Å². The Bertz CT molecular complexity index is 401. The van der Waals surface area contributed by atoms with Crippen LogP contribution < -0.4 is 16.4 Å². The van der Waals surface area contributed by atoms with Gasteiger partial charge in [0.05, 0.1) is 0 Å². The van der Waals surface area contributed by atoms with Gasteiger partial charge in [0.2, 0.25) is 5.91 Å². The lowest BCUT2D eigenvalue weighted by Crippen LogP contribution is -2.33. The highest BCUT2D eigenvalue weighted by Crippen LogP contribution is 2.17. The van der Waals surface area contributed by atoms with Gasteiger partial charge in [-0.15, -0.1) is 0 Å². The summed E-state index contributed by atoms with van der Waals surface area (Å²) in [6.45, 7) is 2.69. The largest absolute Gasteiger partial charge is 0.354 e. The maximum Gasteiger partial charge on any atom is 0.220 e. The van der Waals surface area contributed by atoms with E-state index in [2.05, 4.69) is 10.6 Å². The molecule has 1 aromatic rings. The zero-order valence-electron chi connectivity index (χ0n) is 12.0. The molecule has 1 saturated heterocycles. The van der Waals surface area contributed by atoms with Crippen LogP contribution in [0.1, 0.15) is 37.3 Å². The third-order valence-electron chi connectivity index (χ3n) is 3.99. The van der Waals surface area contributed by atoms with Crippen LogP contribution in [0.4, 0.5) is 0 Å². The summed E-state index contributed by atoms with van der Waals surface area (Å²) in [5, 5.41) is 6.28. The second-order valence-electron chi connectivity index (χ2n) is 5.55. The molecule has 2 rings (SSSR count). The van der Waals surface area contributed by atoms with E-state index in [4.69, 9.17) is 5.73 Å². The highest BCUT2D eigenvalue weighted by Gasteiger charge is 2.14. The molecule has 110 valence electrons. The SMILES string of the molecule is NC(CNC(=O)CCC1CCNCC1)c1ccccc1. The summed E-state index contributed by atoms with van der Waals surface area (Å²) in [4.78, 5) is 11.8. The lowest BCUT2D eigenvalue weighted by atomic mass is 9.93. The van der Waals surface area contributed by atoms with Crippen molar-refractivity contribution in [2.45, 2.75) is 31.7 Å². The average molecular weight is 275 g/mol. The van der Waals surface area contributed by atoms with Crippen LogP contribution in [0.15, 0.2) is 30.3 Å². The number of nitrogens with one attached hydrogen (secondary N) is 2. The van der Waals surface area contributed by atoms with Crippen LogP contribution in [0.25, 0.3) is 0 Å². The van der Waals surface area contributed by atoms with Gasteiger partial charge < -0.3 is 16.4 Å². The second kappa shape index (κ2) is 8.02. The molecule has 1 fully saturated rings. The standard InChI is InChI=1S/C16H25N3O/c17-15(14-4-2-1-3-5-14)12-19-16(20)7-6-13-8-10-18-11-9-13/h1-5,13,15,18H,6-12,17H2,(H,19,20). The van der Waals surface area contributed by atoms with E-state index in [0.717, 1.165) is 25.1 Å². The molecule has 4 N–H and O–H groups in total. The molecule has 1 atom stereocenters. The number of rotatable bonds is 6. The predicted molar refractivity (Wildman–Crippen MR) is 81.2 cm³/mol. The van der Waals surface area contributed by atoms with Crippen LogP contribution >= 0.6 is 0 Å². The van der Waals surface area contributed by atoms with E-state index < -0.39 is 0 Å². The molecule has 1 aliphatic heterocycles. The minimum atomic E-state index is -0.126. The molecule has 0 spiro atoms. The van der Waals surface area contributed by atoms with Gasteiger partial charge in [-0.1, -0.05) is 30.3 Å². The second-order valence-corrected chi connectivity index (χ2v) is 5.55. The highest BCUT2D eigenvalue weighted by atomic mass is 16.1. The Hall–Kier alpha value is -1.39. The summed E-state index contributed by atoms with van der Waals surface area (Å²) >= 11 is 0. The molecule has 0 radical (unpaired) electrons. The molecule has 1 unspecified atom stereocenters. The van der Waals surface area contributed by atoms with Crippen molar-refractivity contribution in [2.24, 2.45) is 11.7 Å². The van der Waals surface area contributed by atoms with Crippen molar-refractivity contribution in [1.82, 2.24) is 10.6 Å². The van der Waals surface area contributed by atoms with Gasteiger partial charge in [-0.3, -0.25) is 4.79 Å². The molecule has 0 aliphatic carbocycles. The molecule has 0 bridgehead atoms. The molecular formula is C16H25N3O. The lowest BCUT2D eigenvalue weighted by molar-refractivity contribution is -0.121. The number of hydrogen-bond acceptors (Lipinski definition) is 3. The molecule has 0 aromatic heterocycles. The topological polar surface area (TPSA) is 67.1 Å². The summed E-state index contributed by atoms with van der Waals surface area (Å²) in [5.41, 5.74) is 7.12. The fourth-order valence-electron chi connectivity index (χ4n) is 2.64. The number of hydrogen-bond donors (Lipinski definition) is 3. The summed E-state index contributed by atoms with van der Waals surface area (Å²) in [6, 6.07) is 9.76. The van der Waals surface area contributed by atoms with Gasteiger partial charge in [-0.2, -0.15) is 0 Å². The minimum absolute atomic E-state index is 0.120. The first-order valence-electron chi connectivity index (χ1n) is 7.53.